The number of phenolic OH excluding ortho intramolecular Hbond substituents is 1. The summed E-state index contributed by atoms with van der Waals surface area (Å²) in [6.45, 7) is 0. The first-order valence-electron chi connectivity index (χ1n) is 4.38. The molecule has 1 rings (SSSR count). The van der Waals surface area contributed by atoms with E-state index in [1.807, 2.05) is 0 Å². The summed E-state index contributed by atoms with van der Waals surface area (Å²) < 4.78 is 37.3. The van der Waals surface area contributed by atoms with E-state index in [0.717, 1.165) is 0 Å². The Morgan fingerprint density at radius 1 is 1.38 bits per heavy atom. The zero-order valence-corrected chi connectivity index (χ0v) is 8.77. The summed E-state index contributed by atoms with van der Waals surface area (Å²) in [5.41, 5.74) is -1.16. The molecule has 0 atom stereocenters. The van der Waals surface area contributed by atoms with Crippen molar-refractivity contribution < 1.29 is 23.1 Å². The number of rotatable bonds is 3. The molecule has 0 aliphatic carbocycles. The molecule has 0 aromatic heterocycles. The number of aromatic hydroxyl groups is 1. The lowest BCUT2D eigenvalue weighted by Crippen LogP contribution is -2.06. The van der Waals surface area contributed by atoms with Crippen LogP contribution < -0.4 is 0 Å². The Kier molecular flexibility index (Phi) is 3.80. The summed E-state index contributed by atoms with van der Waals surface area (Å²) in [6, 6.07) is 1.87. The maximum absolute atomic E-state index is 12.4. The molecule has 0 aliphatic heterocycles. The van der Waals surface area contributed by atoms with Crippen LogP contribution in [0.4, 0.5) is 13.2 Å². The lowest BCUT2D eigenvalue weighted by Gasteiger charge is -2.12. The third-order valence-corrected chi connectivity index (χ3v) is 2.21. The normalized spacial score (nSPS) is 11.5. The summed E-state index contributed by atoms with van der Waals surface area (Å²) in [6.07, 6.45) is -4.04. The Hall–Kier alpha value is -1.23. The third kappa shape index (κ3) is 2.88. The Bertz CT molecular complexity index is 402. The van der Waals surface area contributed by atoms with Crippen LogP contribution in [0.2, 0.25) is 5.02 Å². The van der Waals surface area contributed by atoms with Gasteiger partial charge < -0.3 is 9.90 Å². The number of benzene rings is 1. The van der Waals surface area contributed by atoms with E-state index < -0.39 is 17.5 Å². The Balaban J connectivity index is 3.21. The molecule has 1 aromatic carbocycles. The van der Waals surface area contributed by atoms with Crippen LogP contribution >= 0.6 is 11.6 Å². The van der Waals surface area contributed by atoms with E-state index in [4.69, 9.17) is 11.6 Å². The van der Waals surface area contributed by atoms with Crippen LogP contribution in [0.5, 0.6) is 5.75 Å². The highest BCUT2D eigenvalue weighted by Crippen LogP contribution is 2.39. The molecule has 0 amide bonds. The maximum Gasteiger partial charge on any atom is 0.420 e. The van der Waals surface area contributed by atoms with Gasteiger partial charge >= 0.3 is 6.18 Å². The minimum atomic E-state index is -4.66. The molecule has 0 radical (unpaired) electrons. The summed E-state index contributed by atoms with van der Waals surface area (Å²) >= 11 is 5.51. The standard InChI is InChI=1S/C10H8ClF3O2/c11-7-4-6(2-1-3-15)9(16)8(5-7)10(12,13)14/h3-5,16H,1-2H2. The first-order valence-corrected chi connectivity index (χ1v) is 4.76. The van der Waals surface area contributed by atoms with Gasteiger partial charge in [-0.3, -0.25) is 0 Å². The number of hydrogen-bond donors (Lipinski definition) is 1. The van der Waals surface area contributed by atoms with Gasteiger partial charge in [-0.05, 0) is 24.1 Å². The van der Waals surface area contributed by atoms with Gasteiger partial charge in [-0.2, -0.15) is 13.2 Å². The first-order chi connectivity index (χ1) is 7.36. The fraction of sp³-hybridized carbons (Fsp3) is 0.300. The molecular weight excluding hydrogens is 245 g/mol. The molecule has 88 valence electrons. The lowest BCUT2D eigenvalue weighted by molar-refractivity contribution is -0.138. The van der Waals surface area contributed by atoms with Crippen molar-refractivity contribution in [1.82, 2.24) is 0 Å². The van der Waals surface area contributed by atoms with E-state index in [1.165, 1.54) is 6.07 Å². The maximum atomic E-state index is 12.4. The van der Waals surface area contributed by atoms with Crippen molar-refractivity contribution in [2.75, 3.05) is 0 Å². The van der Waals surface area contributed by atoms with Gasteiger partial charge in [0.25, 0.3) is 0 Å². The second kappa shape index (κ2) is 4.74. The number of alkyl halides is 3. The van der Waals surface area contributed by atoms with E-state index in [9.17, 15) is 23.1 Å². The van der Waals surface area contributed by atoms with Gasteiger partial charge in [-0.15, -0.1) is 0 Å². The molecule has 0 bridgehead atoms. The minimum Gasteiger partial charge on any atom is -0.507 e. The largest absolute Gasteiger partial charge is 0.507 e. The Labute approximate surface area is 94.6 Å². The van der Waals surface area contributed by atoms with Crippen molar-refractivity contribution in [3.05, 3.63) is 28.3 Å². The summed E-state index contributed by atoms with van der Waals surface area (Å²) in [5.74, 6) is -0.862. The lowest BCUT2D eigenvalue weighted by atomic mass is 10.0. The highest BCUT2D eigenvalue weighted by molar-refractivity contribution is 6.30. The van der Waals surface area contributed by atoms with E-state index in [1.54, 1.807) is 0 Å². The third-order valence-electron chi connectivity index (χ3n) is 1.99. The molecular formula is C10H8ClF3O2. The van der Waals surface area contributed by atoms with Gasteiger partial charge in [0.1, 0.15) is 12.0 Å². The molecule has 0 aliphatic rings. The molecule has 0 heterocycles. The molecule has 0 spiro atoms. The number of aryl methyl sites for hydroxylation is 1. The van der Waals surface area contributed by atoms with E-state index in [-0.39, 0.29) is 23.4 Å². The van der Waals surface area contributed by atoms with Crippen LogP contribution in [0.25, 0.3) is 0 Å². The predicted octanol–water partition coefficient (Wildman–Crippen LogP) is 3.20. The molecule has 0 saturated heterocycles. The molecule has 6 heteroatoms. The molecule has 16 heavy (non-hydrogen) atoms. The van der Waals surface area contributed by atoms with Gasteiger partial charge in [0.15, 0.2) is 0 Å². The van der Waals surface area contributed by atoms with E-state index in [2.05, 4.69) is 0 Å². The number of carbonyl (C=O) groups excluding carboxylic acids is 1. The molecule has 1 N–H and O–H groups in total. The highest BCUT2D eigenvalue weighted by Gasteiger charge is 2.35. The first kappa shape index (κ1) is 12.8. The second-order valence-corrected chi connectivity index (χ2v) is 3.60. The highest BCUT2D eigenvalue weighted by atomic mass is 35.5. The molecule has 0 saturated carbocycles. The SMILES string of the molecule is O=CCCc1cc(Cl)cc(C(F)(F)F)c1O. The van der Waals surface area contributed by atoms with Gasteiger partial charge in [-0.1, -0.05) is 11.6 Å². The summed E-state index contributed by atoms with van der Waals surface area (Å²) in [5, 5.41) is 9.26. The molecule has 0 fully saturated rings. The second-order valence-electron chi connectivity index (χ2n) is 3.16. The average Bonchev–Trinajstić information content (AvgIpc) is 2.17. The van der Waals surface area contributed by atoms with Crippen LogP contribution in [-0.4, -0.2) is 11.4 Å². The fourth-order valence-electron chi connectivity index (χ4n) is 1.28. The topological polar surface area (TPSA) is 37.3 Å². The van der Waals surface area contributed by atoms with Crippen molar-refractivity contribution in [3.63, 3.8) is 0 Å². The van der Waals surface area contributed by atoms with Crippen LogP contribution in [0, 0.1) is 0 Å². The predicted molar refractivity (Wildman–Crippen MR) is 52.5 cm³/mol. The van der Waals surface area contributed by atoms with E-state index in [0.29, 0.717) is 12.4 Å². The van der Waals surface area contributed by atoms with Gasteiger partial charge in [0, 0.05) is 11.4 Å². The number of aldehydes is 1. The Morgan fingerprint density at radius 3 is 2.50 bits per heavy atom. The number of phenols is 1. The van der Waals surface area contributed by atoms with Crippen molar-refractivity contribution in [2.24, 2.45) is 0 Å². The van der Waals surface area contributed by atoms with Crippen molar-refractivity contribution in [2.45, 2.75) is 19.0 Å². The van der Waals surface area contributed by atoms with Gasteiger partial charge in [0.2, 0.25) is 0 Å². The zero-order chi connectivity index (χ0) is 12.3. The smallest absolute Gasteiger partial charge is 0.420 e. The number of carbonyl (C=O) groups is 1. The van der Waals surface area contributed by atoms with Crippen molar-refractivity contribution >= 4 is 17.9 Å². The zero-order valence-electron chi connectivity index (χ0n) is 8.01. The quantitative estimate of drug-likeness (QED) is 0.839. The molecule has 2 nitrogen and oxygen atoms in total. The van der Waals surface area contributed by atoms with Crippen LogP contribution in [0.15, 0.2) is 12.1 Å². The van der Waals surface area contributed by atoms with Gasteiger partial charge in [-0.25, -0.2) is 0 Å². The van der Waals surface area contributed by atoms with Crippen LogP contribution in [0.3, 0.4) is 0 Å². The Morgan fingerprint density at radius 2 is 2.00 bits per heavy atom. The fourth-order valence-corrected chi connectivity index (χ4v) is 1.52. The summed E-state index contributed by atoms with van der Waals surface area (Å²) in [7, 11) is 0. The molecule has 0 unspecified atom stereocenters. The van der Waals surface area contributed by atoms with Crippen molar-refractivity contribution in [3.8, 4) is 5.75 Å². The number of halogens is 4. The van der Waals surface area contributed by atoms with E-state index >= 15 is 0 Å². The van der Waals surface area contributed by atoms with Crippen molar-refractivity contribution in [1.29, 1.82) is 0 Å². The van der Waals surface area contributed by atoms with Crippen LogP contribution in [0.1, 0.15) is 17.5 Å². The number of hydrogen-bond acceptors (Lipinski definition) is 2. The van der Waals surface area contributed by atoms with Gasteiger partial charge in [0.05, 0.1) is 5.56 Å². The average molecular weight is 253 g/mol. The monoisotopic (exact) mass is 252 g/mol. The minimum absolute atomic E-state index is 0.0203. The summed E-state index contributed by atoms with van der Waals surface area (Å²) in [4.78, 5) is 10.1. The molecule has 1 aromatic rings. The van der Waals surface area contributed by atoms with Crippen LogP contribution in [-0.2, 0) is 17.4 Å².